The summed E-state index contributed by atoms with van der Waals surface area (Å²) in [5, 5.41) is 7.69. The van der Waals surface area contributed by atoms with Gasteiger partial charge in [0, 0.05) is 41.6 Å². The summed E-state index contributed by atoms with van der Waals surface area (Å²) in [6, 6.07) is 13.9. The first-order valence-electron chi connectivity index (χ1n) is 10.1. The lowest BCUT2D eigenvalue weighted by atomic mass is 9.99. The highest BCUT2D eigenvalue weighted by Gasteiger charge is 2.56. The number of benzene rings is 2. The van der Waals surface area contributed by atoms with Crippen molar-refractivity contribution < 1.29 is 18.7 Å². The van der Waals surface area contributed by atoms with Gasteiger partial charge in [0.15, 0.2) is 5.82 Å². The van der Waals surface area contributed by atoms with Gasteiger partial charge in [-0.05, 0) is 44.2 Å². The molecule has 2 aliphatic rings. The molecule has 1 amide bonds. The Hall–Kier alpha value is -3.37. The van der Waals surface area contributed by atoms with Gasteiger partial charge in [0.25, 0.3) is 0 Å². The zero-order valence-electron chi connectivity index (χ0n) is 17.2. The van der Waals surface area contributed by atoms with E-state index in [1.165, 1.54) is 12.1 Å². The van der Waals surface area contributed by atoms with Gasteiger partial charge in [0.2, 0.25) is 5.88 Å². The number of halogens is 1. The van der Waals surface area contributed by atoms with Crippen LogP contribution >= 0.6 is 12.1 Å². The number of nitrogens with one attached hydrogen (secondary N) is 2. The summed E-state index contributed by atoms with van der Waals surface area (Å²) in [7, 11) is 1.74. The number of ether oxygens (including phenoxy) is 2. The van der Waals surface area contributed by atoms with Crippen LogP contribution in [0.1, 0.15) is 24.0 Å². The van der Waals surface area contributed by atoms with Crippen molar-refractivity contribution in [1.82, 2.24) is 19.8 Å². The lowest BCUT2D eigenvalue weighted by molar-refractivity contribution is 0.102. The number of anilines is 1. The van der Waals surface area contributed by atoms with Gasteiger partial charge in [-0.15, -0.1) is 5.10 Å². The fraction of sp³-hybridized carbons (Fsp3) is 0.227. The maximum atomic E-state index is 15.0. The second kappa shape index (κ2) is 8.29. The maximum Gasteiger partial charge on any atom is 0.416 e. The van der Waals surface area contributed by atoms with Crippen LogP contribution in [0.2, 0.25) is 0 Å². The quantitative estimate of drug-likeness (QED) is 0.502. The first kappa shape index (κ1) is 20.5. The minimum atomic E-state index is -0.506. The van der Waals surface area contributed by atoms with E-state index in [0.29, 0.717) is 28.6 Å². The van der Waals surface area contributed by atoms with Gasteiger partial charge in [0.05, 0.1) is 17.8 Å². The van der Waals surface area contributed by atoms with Gasteiger partial charge in [0.1, 0.15) is 11.5 Å². The first-order chi connectivity index (χ1) is 15.6. The molecule has 0 bridgehead atoms. The molecule has 1 aliphatic heterocycles. The van der Waals surface area contributed by atoms with E-state index in [4.69, 9.17) is 9.47 Å². The number of hydrogen-bond donors (Lipinski definition) is 2. The average molecular weight is 453 g/mol. The van der Waals surface area contributed by atoms with Crippen LogP contribution in [-0.2, 0) is 12.1 Å². The molecule has 2 aromatic carbocycles. The van der Waals surface area contributed by atoms with E-state index in [2.05, 4.69) is 19.6 Å². The summed E-state index contributed by atoms with van der Waals surface area (Å²) in [5.41, 5.74) is 1.17. The fourth-order valence-corrected chi connectivity index (χ4v) is 4.27. The fourth-order valence-electron chi connectivity index (χ4n) is 3.90. The van der Waals surface area contributed by atoms with Crippen LogP contribution in [0.5, 0.6) is 17.4 Å². The van der Waals surface area contributed by atoms with Crippen molar-refractivity contribution in [2.24, 2.45) is 0 Å². The third kappa shape index (κ3) is 3.71. The molecule has 164 valence electrons. The third-order valence-electron chi connectivity index (χ3n) is 5.55. The number of hydrogen-bond acceptors (Lipinski definition) is 8. The molecular weight excluding hydrogens is 433 g/mol. The maximum absolute atomic E-state index is 15.0. The zero-order chi connectivity index (χ0) is 22.1. The molecule has 0 radical (unpaired) electrons. The van der Waals surface area contributed by atoms with Crippen molar-refractivity contribution in [1.29, 1.82) is 0 Å². The Bertz CT molecular complexity index is 1160. The summed E-state index contributed by atoms with van der Waals surface area (Å²) in [5.74, 6) is 0.898. The van der Waals surface area contributed by atoms with Crippen LogP contribution in [0.3, 0.4) is 0 Å². The molecule has 1 fully saturated rings. The lowest BCUT2D eigenvalue weighted by Crippen LogP contribution is -2.45. The summed E-state index contributed by atoms with van der Waals surface area (Å²) >= 11 is 1.17. The van der Waals surface area contributed by atoms with Crippen molar-refractivity contribution >= 4 is 23.9 Å². The lowest BCUT2D eigenvalue weighted by Gasteiger charge is -2.37. The van der Waals surface area contributed by atoms with E-state index in [1.807, 2.05) is 12.1 Å². The monoisotopic (exact) mass is 453 g/mol. The normalized spacial score (nSPS) is 15.8. The summed E-state index contributed by atoms with van der Waals surface area (Å²) in [6.07, 6.45) is 2.62. The summed E-state index contributed by atoms with van der Waals surface area (Å²) < 4.78 is 32.1. The Morgan fingerprint density at radius 1 is 1.25 bits per heavy atom. The van der Waals surface area contributed by atoms with Gasteiger partial charge < -0.3 is 14.2 Å². The highest BCUT2D eigenvalue weighted by atomic mass is 32.2. The molecule has 2 heterocycles. The molecule has 5 rings (SSSR count). The molecule has 1 saturated carbocycles. The molecule has 0 unspecified atom stereocenters. The van der Waals surface area contributed by atoms with Gasteiger partial charge in [-0.3, -0.25) is 4.90 Å². The number of carbonyl (C=O) groups excluding carboxylic acids is 1. The Morgan fingerprint density at radius 2 is 2.12 bits per heavy atom. The van der Waals surface area contributed by atoms with Crippen molar-refractivity contribution in [3.8, 4) is 17.4 Å². The van der Waals surface area contributed by atoms with Crippen molar-refractivity contribution in [2.45, 2.75) is 24.9 Å². The van der Waals surface area contributed by atoms with E-state index < -0.39 is 17.4 Å². The van der Waals surface area contributed by atoms with E-state index >= 15 is 0 Å². The van der Waals surface area contributed by atoms with E-state index in [1.54, 1.807) is 54.5 Å². The number of rotatable bonds is 7. The molecule has 3 aromatic rings. The van der Waals surface area contributed by atoms with Crippen LogP contribution in [-0.4, -0.2) is 28.2 Å². The van der Waals surface area contributed by atoms with Crippen LogP contribution in [0.25, 0.3) is 0 Å². The van der Waals surface area contributed by atoms with E-state index in [9.17, 15) is 9.18 Å². The van der Waals surface area contributed by atoms with Crippen LogP contribution in [0.15, 0.2) is 54.7 Å². The number of aromatic nitrogens is 2. The van der Waals surface area contributed by atoms with Crippen molar-refractivity contribution in [2.75, 3.05) is 11.8 Å². The molecule has 2 N–H and O–H groups in total. The summed E-state index contributed by atoms with van der Waals surface area (Å²) in [4.78, 5) is 14.6. The smallest absolute Gasteiger partial charge is 0.416 e. The molecule has 8 nitrogen and oxygen atoms in total. The van der Waals surface area contributed by atoms with E-state index in [-0.39, 0.29) is 6.54 Å². The van der Waals surface area contributed by atoms with Crippen molar-refractivity contribution in [3.05, 3.63) is 71.7 Å². The Kier molecular flexibility index (Phi) is 5.32. The standard InChI is InChI=1S/C22H20FN5O3S/c1-24-32-27-17-5-2-4-14(20(17)23)13-28-21(29)31-18-12-15(30-19-6-3-11-25-26-19)7-8-16(18)22(28)9-10-22/h2-8,11-12,24,27H,9-10,13H2,1H3. The Morgan fingerprint density at radius 3 is 2.88 bits per heavy atom. The number of amides is 1. The second-order valence-electron chi connectivity index (χ2n) is 7.49. The van der Waals surface area contributed by atoms with Gasteiger partial charge in [-0.25, -0.2) is 13.9 Å². The average Bonchev–Trinajstić information content (AvgIpc) is 3.59. The SMILES string of the molecule is CNSNc1cccc(CN2C(=O)Oc3cc(Oc4cccnn4)ccc3C23CC3)c1F. The summed E-state index contributed by atoms with van der Waals surface area (Å²) in [6.45, 7) is 0.113. The van der Waals surface area contributed by atoms with Crippen LogP contribution in [0, 0.1) is 5.82 Å². The highest BCUT2D eigenvalue weighted by molar-refractivity contribution is 7.98. The van der Waals surface area contributed by atoms with Gasteiger partial charge in [-0.1, -0.05) is 12.1 Å². The van der Waals surface area contributed by atoms with Crippen molar-refractivity contribution in [3.63, 3.8) is 0 Å². The third-order valence-corrected chi connectivity index (χ3v) is 6.08. The molecule has 0 saturated heterocycles. The Labute approximate surface area is 188 Å². The number of nitrogens with zero attached hydrogens (tertiary/aromatic N) is 3. The topological polar surface area (TPSA) is 88.6 Å². The predicted molar refractivity (Wildman–Crippen MR) is 118 cm³/mol. The first-order valence-corrected chi connectivity index (χ1v) is 10.9. The van der Waals surface area contributed by atoms with Crippen LogP contribution in [0.4, 0.5) is 14.9 Å². The minimum Gasteiger partial charge on any atom is -0.437 e. The van der Waals surface area contributed by atoms with Gasteiger partial charge in [-0.2, -0.15) is 5.10 Å². The van der Waals surface area contributed by atoms with Gasteiger partial charge >= 0.3 is 6.09 Å². The molecule has 32 heavy (non-hydrogen) atoms. The molecule has 0 atom stereocenters. The number of fused-ring (bicyclic) bond motifs is 2. The minimum absolute atomic E-state index is 0.113. The number of carbonyl (C=O) groups is 1. The predicted octanol–water partition coefficient (Wildman–Crippen LogP) is 4.61. The molecular formula is C22H20FN5O3S. The molecule has 1 aromatic heterocycles. The molecule has 1 aliphatic carbocycles. The molecule has 10 heteroatoms. The second-order valence-corrected chi connectivity index (χ2v) is 8.31. The highest BCUT2D eigenvalue weighted by Crippen LogP contribution is 2.57. The van der Waals surface area contributed by atoms with Crippen LogP contribution < -0.4 is 18.9 Å². The van der Waals surface area contributed by atoms with E-state index in [0.717, 1.165) is 18.4 Å². The molecule has 1 spiro atoms. The Balaban J connectivity index is 1.41. The zero-order valence-corrected chi connectivity index (χ0v) is 18.0. The largest absolute Gasteiger partial charge is 0.437 e.